The molecule has 7 heteroatoms. The number of benzene rings is 2. The van der Waals surface area contributed by atoms with Crippen molar-refractivity contribution in [1.29, 1.82) is 0 Å². The predicted octanol–water partition coefficient (Wildman–Crippen LogP) is 4.98. The number of carbonyl (C=O) groups is 1. The number of methoxy groups -OCH3 is 2. The highest BCUT2D eigenvalue weighted by Crippen LogP contribution is 2.32. The molecule has 6 nitrogen and oxygen atoms in total. The minimum Gasteiger partial charge on any atom is -0.493 e. The molecule has 0 spiro atoms. The van der Waals surface area contributed by atoms with Crippen molar-refractivity contribution in [2.24, 2.45) is 0 Å². The monoisotopic (exact) mass is 479 g/mol. The van der Waals surface area contributed by atoms with Crippen molar-refractivity contribution in [2.45, 2.75) is 32.4 Å². The SMILES string of the molecule is COc1ccc(CN2CCC(c3ncccc3CNC(=O)c3cccc(Cl)c3C)C2)cc1OC. The van der Waals surface area contributed by atoms with Crippen molar-refractivity contribution in [3.63, 3.8) is 0 Å². The van der Waals surface area contributed by atoms with Crippen LogP contribution in [0.5, 0.6) is 11.5 Å². The Morgan fingerprint density at radius 3 is 2.76 bits per heavy atom. The molecule has 1 N–H and O–H groups in total. The number of nitrogens with one attached hydrogen (secondary N) is 1. The normalized spacial score (nSPS) is 15.8. The summed E-state index contributed by atoms with van der Waals surface area (Å²) in [5.41, 5.74) is 4.67. The number of amides is 1. The zero-order valence-electron chi connectivity index (χ0n) is 19.8. The number of halogens is 1. The maximum Gasteiger partial charge on any atom is 0.251 e. The maximum absolute atomic E-state index is 12.8. The number of hydrogen-bond acceptors (Lipinski definition) is 5. The average Bonchev–Trinajstić information content (AvgIpc) is 3.32. The lowest BCUT2D eigenvalue weighted by molar-refractivity contribution is 0.0950. The molecule has 1 amide bonds. The first-order chi connectivity index (χ1) is 16.5. The largest absolute Gasteiger partial charge is 0.493 e. The standard InChI is InChI=1S/C27H30ClN3O3/c1-18-22(7-4-8-23(18)28)27(32)30-15-20-6-5-12-29-26(20)21-11-13-31(17-21)16-19-9-10-24(33-2)25(14-19)34-3/h4-10,12,14,21H,11,13,15-17H2,1-3H3,(H,30,32). The third kappa shape index (κ3) is 5.34. The summed E-state index contributed by atoms with van der Waals surface area (Å²) in [5, 5.41) is 3.64. The van der Waals surface area contributed by atoms with Gasteiger partial charge in [0.2, 0.25) is 0 Å². The second-order valence-corrected chi connectivity index (χ2v) is 8.96. The summed E-state index contributed by atoms with van der Waals surface area (Å²) in [5.74, 6) is 1.67. The third-order valence-corrected chi connectivity index (χ3v) is 6.80. The molecule has 1 aliphatic heterocycles. The molecule has 4 rings (SSSR count). The van der Waals surface area contributed by atoms with Crippen LogP contribution in [0.1, 0.15) is 45.1 Å². The van der Waals surface area contributed by atoms with Crippen molar-refractivity contribution >= 4 is 17.5 Å². The first-order valence-corrected chi connectivity index (χ1v) is 11.8. The van der Waals surface area contributed by atoms with E-state index in [0.717, 1.165) is 54.4 Å². The van der Waals surface area contributed by atoms with Crippen LogP contribution in [0.3, 0.4) is 0 Å². The molecule has 1 unspecified atom stereocenters. The van der Waals surface area contributed by atoms with Crippen LogP contribution in [0.2, 0.25) is 5.02 Å². The smallest absolute Gasteiger partial charge is 0.251 e. The average molecular weight is 480 g/mol. The van der Waals surface area contributed by atoms with Crippen molar-refractivity contribution in [3.8, 4) is 11.5 Å². The topological polar surface area (TPSA) is 63.7 Å². The van der Waals surface area contributed by atoms with Gasteiger partial charge in [0.25, 0.3) is 5.91 Å². The summed E-state index contributed by atoms with van der Waals surface area (Å²) < 4.78 is 10.8. The lowest BCUT2D eigenvalue weighted by Crippen LogP contribution is -2.25. The Labute approximate surface area is 205 Å². The number of hydrogen-bond donors (Lipinski definition) is 1. The van der Waals surface area contributed by atoms with E-state index in [1.807, 2.05) is 37.4 Å². The summed E-state index contributed by atoms with van der Waals surface area (Å²) in [6.07, 6.45) is 2.86. The lowest BCUT2D eigenvalue weighted by Gasteiger charge is -2.18. The number of rotatable bonds is 8. The number of ether oxygens (including phenoxy) is 2. The van der Waals surface area contributed by atoms with Crippen molar-refractivity contribution < 1.29 is 14.3 Å². The Kier molecular flexibility index (Phi) is 7.70. The van der Waals surface area contributed by atoms with Crippen molar-refractivity contribution in [3.05, 3.63) is 87.7 Å². The van der Waals surface area contributed by atoms with Gasteiger partial charge in [-0.3, -0.25) is 14.7 Å². The van der Waals surface area contributed by atoms with E-state index in [-0.39, 0.29) is 5.91 Å². The Bertz CT molecular complexity index is 1170. The zero-order chi connectivity index (χ0) is 24.1. The number of nitrogens with zero attached hydrogens (tertiary/aromatic N) is 2. The van der Waals surface area contributed by atoms with Crippen molar-refractivity contribution in [2.75, 3.05) is 27.3 Å². The Hall–Kier alpha value is -3.09. The molecule has 1 atom stereocenters. The summed E-state index contributed by atoms with van der Waals surface area (Å²) in [4.78, 5) is 19.9. The summed E-state index contributed by atoms with van der Waals surface area (Å²) in [7, 11) is 3.30. The highest BCUT2D eigenvalue weighted by Gasteiger charge is 2.27. The van der Waals surface area contributed by atoms with Gasteiger partial charge in [-0.05, 0) is 66.9 Å². The highest BCUT2D eigenvalue weighted by atomic mass is 35.5. The molecular weight excluding hydrogens is 450 g/mol. The van der Waals surface area contributed by atoms with Gasteiger partial charge in [0, 0.05) is 48.0 Å². The van der Waals surface area contributed by atoms with Crippen LogP contribution in [-0.4, -0.2) is 43.1 Å². The zero-order valence-corrected chi connectivity index (χ0v) is 20.6. The summed E-state index contributed by atoms with van der Waals surface area (Å²) >= 11 is 6.18. The fourth-order valence-electron chi connectivity index (χ4n) is 4.53. The van der Waals surface area contributed by atoms with E-state index in [9.17, 15) is 4.79 Å². The molecule has 0 saturated carbocycles. The molecule has 2 aromatic carbocycles. The molecule has 34 heavy (non-hydrogen) atoms. The number of likely N-dealkylation sites (tertiary alicyclic amines) is 1. The predicted molar refractivity (Wildman–Crippen MR) is 134 cm³/mol. The summed E-state index contributed by atoms with van der Waals surface area (Å²) in [6.45, 7) is 5.03. The number of aromatic nitrogens is 1. The van der Waals surface area contributed by atoms with Gasteiger partial charge in [0.05, 0.1) is 14.2 Å². The Balaban J connectivity index is 1.41. The quantitative estimate of drug-likeness (QED) is 0.493. The molecule has 178 valence electrons. The van der Waals surface area contributed by atoms with E-state index in [2.05, 4.69) is 16.3 Å². The molecule has 0 aliphatic carbocycles. The minimum atomic E-state index is -0.128. The second-order valence-electron chi connectivity index (χ2n) is 8.55. The number of carbonyl (C=O) groups excluding carboxylic acids is 1. The Morgan fingerprint density at radius 2 is 1.97 bits per heavy atom. The van der Waals surface area contributed by atoms with Gasteiger partial charge in [0.15, 0.2) is 11.5 Å². The molecule has 0 radical (unpaired) electrons. The highest BCUT2D eigenvalue weighted by molar-refractivity contribution is 6.31. The fourth-order valence-corrected chi connectivity index (χ4v) is 4.70. The van der Waals surface area contributed by atoms with Gasteiger partial charge >= 0.3 is 0 Å². The van der Waals surface area contributed by atoms with E-state index in [0.29, 0.717) is 23.0 Å². The number of pyridine rings is 1. The fraction of sp³-hybridized carbons (Fsp3) is 0.333. The van der Waals surface area contributed by atoms with Crippen LogP contribution in [0, 0.1) is 6.92 Å². The van der Waals surface area contributed by atoms with E-state index < -0.39 is 0 Å². The second kappa shape index (κ2) is 10.9. The van der Waals surface area contributed by atoms with E-state index >= 15 is 0 Å². The van der Waals surface area contributed by atoms with Gasteiger partial charge in [-0.1, -0.05) is 29.8 Å². The van der Waals surface area contributed by atoms with Gasteiger partial charge in [-0.25, -0.2) is 0 Å². The van der Waals surface area contributed by atoms with Gasteiger partial charge in [-0.15, -0.1) is 0 Å². The van der Waals surface area contributed by atoms with E-state index in [1.165, 1.54) is 5.56 Å². The molecule has 1 saturated heterocycles. The molecule has 3 aromatic rings. The van der Waals surface area contributed by atoms with Crippen LogP contribution in [0.15, 0.2) is 54.7 Å². The van der Waals surface area contributed by atoms with Gasteiger partial charge in [-0.2, -0.15) is 0 Å². The maximum atomic E-state index is 12.8. The lowest BCUT2D eigenvalue weighted by atomic mass is 9.99. The van der Waals surface area contributed by atoms with Gasteiger partial charge < -0.3 is 14.8 Å². The first-order valence-electron chi connectivity index (χ1n) is 11.4. The molecular formula is C27H30ClN3O3. The first kappa shape index (κ1) is 24.0. The third-order valence-electron chi connectivity index (χ3n) is 6.39. The van der Waals surface area contributed by atoms with Crippen molar-refractivity contribution in [1.82, 2.24) is 15.2 Å². The molecule has 2 heterocycles. The van der Waals surface area contributed by atoms with Crippen LogP contribution < -0.4 is 14.8 Å². The van der Waals surface area contributed by atoms with E-state index in [1.54, 1.807) is 32.4 Å². The molecule has 1 aliphatic rings. The Morgan fingerprint density at radius 1 is 1.15 bits per heavy atom. The van der Waals surface area contributed by atoms with Crippen LogP contribution in [-0.2, 0) is 13.1 Å². The van der Waals surface area contributed by atoms with E-state index in [4.69, 9.17) is 26.1 Å². The minimum absolute atomic E-state index is 0.128. The molecule has 1 fully saturated rings. The molecule has 1 aromatic heterocycles. The summed E-state index contributed by atoms with van der Waals surface area (Å²) in [6, 6.07) is 15.4. The van der Waals surface area contributed by atoms with Gasteiger partial charge in [0.1, 0.15) is 0 Å². The molecule has 0 bridgehead atoms. The van der Waals surface area contributed by atoms with Crippen LogP contribution in [0.25, 0.3) is 0 Å². The van der Waals surface area contributed by atoms with Crippen LogP contribution in [0.4, 0.5) is 0 Å². The van der Waals surface area contributed by atoms with Crippen LogP contribution >= 0.6 is 11.6 Å².